The first-order chi connectivity index (χ1) is 6.72. The lowest BCUT2D eigenvalue weighted by Crippen LogP contribution is -2.02. The van der Waals surface area contributed by atoms with Crippen LogP contribution >= 0.6 is 0 Å². The Morgan fingerprint density at radius 3 is 2.71 bits per heavy atom. The number of nitrogens with two attached hydrogens (primary N) is 1. The first-order valence-corrected chi connectivity index (χ1v) is 5.21. The molecule has 0 amide bonds. The molecule has 2 heteroatoms. The van der Waals surface area contributed by atoms with Crippen molar-refractivity contribution < 1.29 is 4.74 Å². The van der Waals surface area contributed by atoms with E-state index < -0.39 is 0 Å². The Hall–Kier alpha value is -1.02. The van der Waals surface area contributed by atoms with Crippen LogP contribution in [0.5, 0.6) is 5.75 Å². The van der Waals surface area contributed by atoms with Crippen LogP contribution in [0.2, 0.25) is 0 Å². The van der Waals surface area contributed by atoms with Gasteiger partial charge in [0, 0.05) is 12.0 Å². The highest BCUT2D eigenvalue weighted by Crippen LogP contribution is 2.41. The summed E-state index contributed by atoms with van der Waals surface area (Å²) in [6.45, 7) is 4.85. The lowest BCUT2D eigenvalue weighted by Gasteiger charge is -2.08. The topological polar surface area (TPSA) is 35.2 Å². The van der Waals surface area contributed by atoms with Gasteiger partial charge in [0.2, 0.25) is 0 Å². The monoisotopic (exact) mass is 191 g/mol. The third-order valence-electron chi connectivity index (χ3n) is 2.79. The average molecular weight is 191 g/mol. The van der Waals surface area contributed by atoms with Crippen molar-refractivity contribution in [2.24, 2.45) is 5.73 Å². The molecule has 2 atom stereocenters. The molecule has 0 aliphatic heterocycles. The Morgan fingerprint density at radius 1 is 1.50 bits per heavy atom. The summed E-state index contributed by atoms with van der Waals surface area (Å²) in [5.41, 5.74) is 8.52. The molecule has 1 aliphatic rings. The average Bonchev–Trinajstić information content (AvgIpc) is 2.83. The van der Waals surface area contributed by atoms with E-state index in [9.17, 15) is 0 Å². The maximum Gasteiger partial charge on any atom is 0.119 e. The predicted octanol–water partition coefficient (Wildman–Crippen LogP) is 2.21. The zero-order valence-corrected chi connectivity index (χ0v) is 8.79. The summed E-state index contributed by atoms with van der Waals surface area (Å²) in [7, 11) is 0. The smallest absolute Gasteiger partial charge is 0.119 e. The van der Waals surface area contributed by atoms with Crippen molar-refractivity contribution in [3.63, 3.8) is 0 Å². The van der Waals surface area contributed by atoms with Gasteiger partial charge >= 0.3 is 0 Å². The van der Waals surface area contributed by atoms with Crippen LogP contribution in [0.3, 0.4) is 0 Å². The first kappa shape index (κ1) is 9.53. The van der Waals surface area contributed by atoms with E-state index in [1.54, 1.807) is 0 Å². The normalized spacial score (nSPS) is 24.8. The molecule has 14 heavy (non-hydrogen) atoms. The van der Waals surface area contributed by atoms with Gasteiger partial charge < -0.3 is 10.5 Å². The van der Waals surface area contributed by atoms with Gasteiger partial charge in [-0.1, -0.05) is 6.07 Å². The molecule has 1 aromatic carbocycles. The molecule has 0 bridgehead atoms. The van der Waals surface area contributed by atoms with Crippen molar-refractivity contribution >= 4 is 0 Å². The summed E-state index contributed by atoms with van der Waals surface area (Å²) in [5, 5.41) is 0. The van der Waals surface area contributed by atoms with Gasteiger partial charge in [-0.05, 0) is 43.5 Å². The second-order valence-corrected chi connectivity index (χ2v) is 3.96. The Kier molecular flexibility index (Phi) is 2.46. The number of ether oxygens (including phenoxy) is 1. The highest BCUT2D eigenvalue weighted by molar-refractivity contribution is 5.40. The zero-order chi connectivity index (χ0) is 10.1. The van der Waals surface area contributed by atoms with E-state index in [1.807, 2.05) is 13.0 Å². The number of hydrogen-bond acceptors (Lipinski definition) is 2. The lowest BCUT2D eigenvalue weighted by molar-refractivity contribution is 0.340. The van der Waals surface area contributed by atoms with Crippen molar-refractivity contribution in [1.29, 1.82) is 0 Å². The molecule has 0 heterocycles. The Balaban J connectivity index is 2.19. The number of benzene rings is 1. The molecular weight excluding hydrogens is 174 g/mol. The highest BCUT2D eigenvalue weighted by Gasteiger charge is 2.35. The van der Waals surface area contributed by atoms with E-state index in [2.05, 4.69) is 19.1 Å². The summed E-state index contributed by atoms with van der Waals surface area (Å²) in [4.78, 5) is 0. The fraction of sp³-hybridized carbons (Fsp3) is 0.500. The SMILES string of the molecule is CCOc1ccc([C@@H]2C[C@H]2N)c(C)c1. The van der Waals surface area contributed by atoms with Crippen molar-refractivity contribution in [2.45, 2.75) is 32.2 Å². The van der Waals surface area contributed by atoms with E-state index >= 15 is 0 Å². The molecule has 0 radical (unpaired) electrons. The van der Waals surface area contributed by atoms with E-state index in [0.717, 1.165) is 18.8 Å². The Morgan fingerprint density at radius 2 is 2.21 bits per heavy atom. The lowest BCUT2D eigenvalue weighted by atomic mass is 10.0. The first-order valence-electron chi connectivity index (χ1n) is 5.21. The van der Waals surface area contributed by atoms with E-state index in [-0.39, 0.29) is 0 Å². The minimum Gasteiger partial charge on any atom is -0.494 e. The molecule has 2 rings (SSSR count). The van der Waals surface area contributed by atoms with E-state index in [0.29, 0.717) is 12.0 Å². The van der Waals surface area contributed by atoms with Crippen LogP contribution in [0.1, 0.15) is 30.4 Å². The Bertz CT molecular complexity index is 335. The van der Waals surface area contributed by atoms with Crippen molar-refractivity contribution in [1.82, 2.24) is 0 Å². The third kappa shape index (κ3) is 1.75. The fourth-order valence-corrected chi connectivity index (χ4v) is 1.89. The standard InChI is InChI=1S/C12H17NO/c1-3-14-9-4-5-10(8(2)6-9)11-7-12(11)13/h4-6,11-12H,3,7,13H2,1-2H3/t11-,12+/m0/s1. The molecule has 1 aliphatic carbocycles. The number of aryl methyl sites for hydroxylation is 1. The number of rotatable bonds is 3. The van der Waals surface area contributed by atoms with Crippen LogP contribution in [0.15, 0.2) is 18.2 Å². The Labute approximate surface area is 85.1 Å². The molecule has 0 aromatic heterocycles. The minimum atomic E-state index is 0.381. The molecule has 1 fully saturated rings. The minimum absolute atomic E-state index is 0.381. The van der Waals surface area contributed by atoms with Crippen LogP contribution in [-0.4, -0.2) is 12.6 Å². The molecule has 2 nitrogen and oxygen atoms in total. The fourth-order valence-electron chi connectivity index (χ4n) is 1.89. The molecule has 1 saturated carbocycles. The third-order valence-corrected chi connectivity index (χ3v) is 2.79. The van der Waals surface area contributed by atoms with Gasteiger partial charge in [0.15, 0.2) is 0 Å². The molecule has 0 spiro atoms. The van der Waals surface area contributed by atoms with Gasteiger partial charge in [0.1, 0.15) is 5.75 Å². The summed E-state index contributed by atoms with van der Waals surface area (Å²) in [6, 6.07) is 6.67. The molecule has 0 unspecified atom stereocenters. The van der Waals surface area contributed by atoms with Gasteiger partial charge in [0.05, 0.1) is 6.61 Å². The maximum absolute atomic E-state index is 5.83. The van der Waals surface area contributed by atoms with Crippen LogP contribution in [0.4, 0.5) is 0 Å². The zero-order valence-electron chi connectivity index (χ0n) is 8.79. The van der Waals surface area contributed by atoms with Gasteiger partial charge in [-0.2, -0.15) is 0 Å². The van der Waals surface area contributed by atoms with Gasteiger partial charge in [-0.15, -0.1) is 0 Å². The molecule has 0 saturated heterocycles. The van der Waals surface area contributed by atoms with Crippen LogP contribution in [0, 0.1) is 6.92 Å². The largest absolute Gasteiger partial charge is 0.494 e. The summed E-state index contributed by atoms with van der Waals surface area (Å²) < 4.78 is 5.44. The molecule has 76 valence electrons. The number of hydrogen-bond donors (Lipinski definition) is 1. The van der Waals surface area contributed by atoms with Crippen molar-refractivity contribution in [2.75, 3.05) is 6.61 Å². The summed E-state index contributed by atoms with van der Waals surface area (Å²) >= 11 is 0. The quantitative estimate of drug-likeness (QED) is 0.795. The van der Waals surface area contributed by atoms with Crippen LogP contribution in [-0.2, 0) is 0 Å². The van der Waals surface area contributed by atoms with Crippen molar-refractivity contribution in [3.05, 3.63) is 29.3 Å². The maximum atomic E-state index is 5.83. The van der Waals surface area contributed by atoms with E-state index in [1.165, 1.54) is 11.1 Å². The summed E-state index contributed by atoms with van der Waals surface area (Å²) in [5.74, 6) is 1.55. The molecular formula is C12H17NO. The van der Waals surface area contributed by atoms with Crippen LogP contribution in [0.25, 0.3) is 0 Å². The predicted molar refractivity (Wildman–Crippen MR) is 57.7 cm³/mol. The second-order valence-electron chi connectivity index (χ2n) is 3.96. The molecule has 1 aromatic rings. The molecule has 2 N–H and O–H groups in total. The van der Waals surface area contributed by atoms with Gasteiger partial charge in [-0.3, -0.25) is 0 Å². The highest BCUT2D eigenvalue weighted by atomic mass is 16.5. The van der Waals surface area contributed by atoms with Gasteiger partial charge in [0.25, 0.3) is 0 Å². The van der Waals surface area contributed by atoms with Crippen molar-refractivity contribution in [3.8, 4) is 5.75 Å². The van der Waals surface area contributed by atoms with Crippen LogP contribution < -0.4 is 10.5 Å². The second kappa shape index (κ2) is 3.62. The summed E-state index contributed by atoms with van der Waals surface area (Å²) in [6.07, 6.45) is 1.13. The van der Waals surface area contributed by atoms with E-state index in [4.69, 9.17) is 10.5 Å². The van der Waals surface area contributed by atoms with Gasteiger partial charge in [-0.25, -0.2) is 0 Å².